The van der Waals surface area contributed by atoms with Crippen LogP contribution in [0.2, 0.25) is 0 Å². The smallest absolute Gasteiger partial charge is 0.268 e. The molecule has 0 amide bonds. The first-order valence-corrected chi connectivity index (χ1v) is 28.3. The number of imidazole rings is 1. The number of ether oxygens (including phenoxy) is 1. The van der Waals surface area contributed by atoms with E-state index >= 15 is 0 Å². The molecule has 0 saturated heterocycles. The van der Waals surface area contributed by atoms with E-state index < -0.39 is 43.9 Å². The number of benzene rings is 9. The number of pyridine rings is 1. The predicted octanol–water partition coefficient (Wildman–Crippen LogP) is 20.1. The average Bonchev–Trinajstić information content (AvgIpc) is 1.72. The summed E-state index contributed by atoms with van der Waals surface area (Å²) in [6.45, 7) is 21.1. The van der Waals surface area contributed by atoms with Gasteiger partial charge in [0.25, 0.3) is 6.33 Å². The largest absolute Gasteiger partial charge is 0.510 e. The normalized spacial score (nSPS) is 14.5. The summed E-state index contributed by atoms with van der Waals surface area (Å²) in [5, 5.41) is 1.59. The van der Waals surface area contributed by atoms with Crippen LogP contribution in [-0.2, 0) is 42.7 Å². The molecule has 6 heteroatoms. The molecule has 12 aromatic rings. The fourth-order valence-electron chi connectivity index (χ4n) is 11.0. The van der Waals surface area contributed by atoms with Crippen molar-refractivity contribution in [2.45, 2.75) is 118 Å². The van der Waals surface area contributed by atoms with Gasteiger partial charge in [-0.2, -0.15) is 18.2 Å². The zero-order chi connectivity index (χ0) is 67.7. The topological polar surface area (TPSA) is 35.9 Å². The van der Waals surface area contributed by atoms with Crippen LogP contribution in [0.1, 0.15) is 132 Å². The van der Waals surface area contributed by atoms with Gasteiger partial charge in [0, 0.05) is 58.1 Å². The van der Waals surface area contributed by atoms with E-state index in [1.54, 1.807) is 4.57 Å². The molecule has 0 aliphatic rings. The molecule has 0 saturated carbocycles. The van der Waals surface area contributed by atoms with Crippen molar-refractivity contribution in [1.82, 2.24) is 14.1 Å². The number of hydrogen-bond acceptors (Lipinski definition) is 2. The quantitative estimate of drug-likeness (QED) is 0.107. The third kappa shape index (κ3) is 11.1. The minimum absolute atomic E-state index is 0. The van der Waals surface area contributed by atoms with Crippen LogP contribution in [0.3, 0.4) is 0 Å². The SMILES string of the molecule is [2H]c1c([2H])c([2H])c(-c2cnc(-n3c4[c-]c(Oc5[c-]c(-n6[c-][n+](-c7c(-c8cccc(C(C)(C)C)c8)cc(C([2H])([2H])[2H])cc7-c7cc(C(C)(C)C)cc(C(C)(C)C)c7)c7ccc(-c8ccc(C(C)(C)C)cc8)cc76)ccc5)ccc4c4ccccc43)cc2C([2H])([2H])[2H])c([2H])c1[2H].[Pt]. The summed E-state index contributed by atoms with van der Waals surface area (Å²) in [5.74, 6) is 0.844. The van der Waals surface area contributed by atoms with Gasteiger partial charge in [-0.3, -0.25) is 4.57 Å². The molecule has 0 atom stereocenters. The maximum absolute atomic E-state index is 9.05. The van der Waals surface area contributed by atoms with Crippen molar-refractivity contribution in [2.75, 3.05) is 0 Å². The van der Waals surface area contributed by atoms with Crippen LogP contribution in [0, 0.1) is 32.2 Å². The molecule has 0 radical (unpaired) electrons. The van der Waals surface area contributed by atoms with Crippen molar-refractivity contribution in [1.29, 1.82) is 0 Å². The van der Waals surface area contributed by atoms with Gasteiger partial charge in [-0.1, -0.05) is 234 Å². The van der Waals surface area contributed by atoms with Crippen LogP contribution in [0.15, 0.2) is 194 Å². The maximum Gasteiger partial charge on any atom is 0.268 e. The number of aromatic nitrogens is 4. The van der Waals surface area contributed by atoms with Crippen LogP contribution in [0.5, 0.6) is 11.5 Å². The standard InChI is InChI=1S/C78H74N4O.Pt/c1-50-38-66(55-24-20-25-58(41-55)76(6,7)8)74(67(39-50)56-42-59(77(9,10)11)45-60(43-56)78(12,13)14)81-49-80(72-44-54(32-37-70(72)81)52-30-33-57(34-31-52)75(3,4)5)61-26-21-27-62(46-61)83-63-35-36-65-64-28-18-19-29-69(64)82(71(65)47-63)73-40-51(2)68(48-79-73)53-22-16-15-17-23-53;/h15-45,48H,1-14H3;/q-2;/i1D3,2D3,15D,16D,17D,22D,23D;. The second kappa shape index (κ2) is 21.8. The molecule has 3 aromatic heterocycles. The minimum atomic E-state index is -2.80. The van der Waals surface area contributed by atoms with Gasteiger partial charge in [0.2, 0.25) is 0 Å². The van der Waals surface area contributed by atoms with Crippen molar-refractivity contribution in [2.24, 2.45) is 0 Å². The van der Waals surface area contributed by atoms with Crippen LogP contribution >= 0.6 is 0 Å². The number of rotatable bonds is 9. The van der Waals surface area contributed by atoms with E-state index in [-0.39, 0.29) is 70.8 Å². The van der Waals surface area contributed by atoms with E-state index in [0.717, 1.165) is 77.6 Å². The molecule has 3 heterocycles. The van der Waals surface area contributed by atoms with Crippen molar-refractivity contribution in [3.63, 3.8) is 0 Å². The van der Waals surface area contributed by atoms with E-state index in [9.17, 15) is 0 Å². The summed E-state index contributed by atoms with van der Waals surface area (Å²) >= 11 is 0. The second-order valence-corrected chi connectivity index (χ2v) is 25.9. The molecule has 0 N–H and O–H groups in total. The Morgan fingerprint density at radius 2 is 1.15 bits per heavy atom. The first-order chi connectivity index (χ1) is 43.9. The molecular weight excluding hydrogens is 1200 g/mol. The Bertz CT molecular complexity index is 4950. The number of hydrogen-bond donors (Lipinski definition) is 0. The average molecular weight is 1290 g/mol. The molecule has 0 aliphatic carbocycles. The van der Waals surface area contributed by atoms with Crippen molar-refractivity contribution < 1.29 is 45.4 Å². The van der Waals surface area contributed by atoms with Gasteiger partial charge in [-0.05, 0) is 131 Å². The molecule has 0 unspecified atom stereocenters. The zero-order valence-electron chi connectivity index (χ0n) is 60.6. The number of aryl methyl sites for hydroxylation is 2. The van der Waals surface area contributed by atoms with Gasteiger partial charge < -0.3 is 13.9 Å². The van der Waals surface area contributed by atoms with Crippen LogP contribution < -0.4 is 9.30 Å². The Labute approximate surface area is 527 Å². The third-order valence-electron chi connectivity index (χ3n) is 15.7. The van der Waals surface area contributed by atoms with Crippen LogP contribution in [0.25, 0.3) is 94.5 Å². The summed E-state index contributed by atoms with van der Waals surface area (Å²) in [4.78, 5) is 4.76. The Hall–Kier alpha value is -8.11. The Balaban J connectivity index is 0.00000919. The van der Waals surface area contributed by atoms with E-state index in [1.165, 1.54) is 17.8 Å². The molecule has 0 spiro atoms. The van der Waals surface area contributed by atoms with Crippen LogP contribution in [0.4, 0.5) is 0 Å². The van der Waals surface area contributed by atoms with Gasteiger partial charge in [0.05, 0.1) is 23.6 Å². The van der Waals surface area contributed by atoms with Gasteiger partial charge in [-0.25, -0.2) is 4.98 Å². The molecular formula is C78H74N4OPt-2. The predicted molar refractivity (Wildman–Crippen MR) is 346 cm³/mol. The Morgan fingerprint density at radius 1 is 0.500 bits per heavy atom. The summed E-state index contributed by atoms with van der Waals surface area (Å²) in [5.41, 5.74) is 12.5. The number of fused-ring (bicyclic) bond motifs is 4. The molecule has 9 aromatic carbocycles. The fourth-order valence-corrected chi connectivity index (χ4v) is 11.0. The Morgan fingerprint density at radius 3 is 1.85 bits per heavy atom. The van der Waals surface area contributed by atoms with Crippen molar-refractivity contribution >= 4 is 32.8 Å². The van der Waals surface area contributed by atoms with Gasteiger partial charge in [0.15, 0.2) is 0 Å². The van der Waals surface area contributed by atoms with Gasteiger partial charge >= 0.3 is 0 Å². The first kappa shape index (κ1) is 45.3. The molecule has 5 nitrogen and oxygen atoms in total. The Kier molecular flexibility index (Phi) is 11.8. The van der Waals surface area contributed by atoms with E-state index in [4.69, 9.17) is 24.8 Å². The number of para-hydroxylation sites is 1. The molecule has 424 valence electrons. The van der Waals surface area contributed by atoms with Crippen molar-refractivity contribution in [3.8, 4) is 73.2 Å². The van der Waals surface area contributed by atoms with E-state index in [1.807, 2.05) is 77.4 Å². The van der Waals surface area contributed by atoms with Gasteiger partial charge in [0.1, 0.15) is 5.82 Å². The summed E-state index contributed by atoms with van der Waals surface area (Å²) in [7, 11) is 0. The third-order valence-corrected chi connectivity index (χ3v) is 15.7. The molecule has 0 bridgehead atoms. The molecule has 12 rings (SSSR count). The molecule has 84 heavy (non-hydrogen) atoms. The monoisotopic (exact) mass is 1290 g/mol. The zero-order valence-corrected chi connectivity index (χ0v) is 51.9. The summed E-state index contributed by atoms with van der Waals surface area (Å²) in [6.07, 6.45) is 5.10. The second-order valence-electron chi connectivity index (χ2n) is 25.9. The minimum Gasteiger partial charge on any atom is -0.510 e. The van der Waals surface area contributed by atoms with E-state index in [2.05, 4.69) is 185 Å². The summed E-state index contributed by atoms with van der Waals surface area (Å²) < 4.78 is 108. The van der Waals surface area contributed by atoms with Crippen LogP contribution in [-0.4, -0.2) is 14.1 Å². The van der Waals surface area contributed by atoms with E-state index in [0.29, 0.717) is 28.2 Å². The van der Waals surface area contributed by atoms with Gasteiger partial charge in [-0.15, -0.1) is 29.7 Å². The first-order valence-electron chi connectivity index (χ1n) is 33.8. The molecule has 0 aliphatic heterocycles. The summed E-state index contributed by atoms with van der Waals surface area (Å²) in [6, 6.07) is 56.4. The molecule has 0 fully saturated rings. The fraction of sp³-hybridized carbons (Fsp3) is 0.231. The van der Waals surface area contributed by atoms with Crippen molar-refractivity contribution in [3.05, 3.63) is 246 Å². The number of nitrogens with zero attached hydrogens (tertiary/aromatic N) is 4. The maximum atomic E-state index is 9.05.